The van der Waals surface area contributed by atoms with Crippen LogP contribution in [-0.4, -0.2) is 0 Å². The van der Waals surface area contributed by atoms with E-state index in [4.69, 9.17) is 28.9 Å². The van der Waals surface area contributed by atoms with Gasteiger partial charge in [0.25, 0.3) is 0 Å². The van der Waals surface area contributed by atoms with Gasteiger partial charge in [-0.25, -0.2) is 4.39 Å². The summed E-state index contributed by atoms with van der Waals surface area (Å²) >= 11 is 13.3. The van der Waals surface area contributed by atoms with E-state index in [1.165, 1.54) is 23.5 Å². The molecule has 2 N–H and O–H groups in total. The van der Waals surface area contributed by atoms with Crippen LogP contribution in [0.25, 0.3) is 0 Å². The van der Waals surface area contributed by atoms with Crippen molar-refractivity contribution in [2.24, 2.45) is 5.73 Å². The maximum absolute atomic E-state index is 13.7. The lowest BCUT2D eigenvalue weighted by molar-refractivity contribution is 0.600. The first-order valence-corrected chi connectivity index (χ1v) is 6.22. The Kier molecular flexibility index (Phi) is 3.50. The van der Waals surface area contributed by atoms with E-state index in [2.05, 4.69) is 0 Å². The molecule has 0 amide bonds. The maximum Gasteiger partial charge on any atom is 0.129 e. The molecule has 0 aliphatic carbocycles. The van der Waals surface area contributed by atoms with Gasteiger partial charge in [0.15, 0.2) is 0 Å². The Morgan fingerprint density at radius 3 is 2.62 bits per heavy atom. The molecule has 0 aliphatic rings. The van der Waals surface area contributed by atoms with Crippen LogP contribution in [0.4, 0.5) is 4.39 Å². The Morgan fingerprint density at radius 1 is 1.25 bits per heavy atom. The summed E-state index contributed by atoms with van der Waals surface area (Å²) in [5.41, 5.74) is 7.02. The van der Waals surface area contributed by atoms with Crippen molar-refractivity contribution < 1.29 is 4.39 Å². The van der Waals surface area contributed by atoms with Gasteiger partial charge in [-0.05, 0) is 34.5 Å². The quantitative estimate of drug-likeness (QED) is 0.815. The van der Waals surface area contributed by atoms with E-state index in [-0.39, 0.29) is 10.6 Å². The molecule has 5 heteroatoms. The molecule has 1 nitrogen and oxygen atoms in total. The van der Waals surface area contributed by atoms with Crippen LogP contribution in [0.1, 0.15) is 17.2 Å². The van der Waals surface area contributed by atoms with Crippen molar-refractivity contribution in [3.63, 3.8) is 0 Å². The molecule has 1 aromatic heterocycles. The summed E-state index contributed by atoms with van der Waals surface area (Å²) < 4.78 is 13.7. The molecule has 0 unspecified atom stereocenters. The van der Waals surface area contributed by atoms with Crippen molar-refractivity contribution in [2.75, 3.05) is 0 Å². The number of rotatable bonds is 2. The zero-order valence-corrected chi connectivity index (χ0v) is 10.4. The van der Waals surface area contributed by atoms with Crippen molar-refractivity contribution in [1.82, 2.24) is 0 Å². The third-order valence-corrected chi connectivity index (χ3v) is 3.81. The van der Waals surface area contributed by atoms with Crippen molar-refractivity contribution in [1.29, 1.82) is 0 Å². The molecule has 2 rings (SSSR count). The molecular formula is C11H8Cl2FNS. The van der Waals surface area contributed by atoms with Crippen molar-refractivity contribution in [3.05, 3.63) is 55.9 Å². The summed E-state index contributed by atoms with van der Waals surface area (Å²) in [5, 5.41) is 4.23. The second-order valence-electron chi connectivity index (χ2n) is 3.29. The van der Waals surface area contributed by atoms with Gasteiger partial charge < -0.3 is 5.73 Å². The van der Waals surface area contributed by atoms with Crippen LogP contribution >= 0.6 is 34.5 Å². The monoisotopic (exact) mass is 275 g/mol. The van der Waals surface area contributed by atoms with Gasteiger partial charge in [-0.15, -0.1) is 0 Å². The first kappa shape index (κ1) is 11.9. The van der Waals surface area contributed by atoms with Gasteiger partial charge in [0.05, 0.1) is 16.1 Å². The molecule has 0 aliphatic heterocycles. The highest BCUT2D eigenvalue weighted by atomic mass is 35.5. The summed E-state index contributed by atoms with van der Waals surface area (Å²) in [7, 11) is 0. The lowest BCUT2D eigenvalue weighted by atomic mass is 10.0. The second-order valence-corrected chi connectivity index (χ2v) is 4.86. The molecule has 0 fully saturated rings. The minimum absolute atomic E-state index is 0.181. The molecule has 1 heterocycles. The minimum Gasteiger partial charge on any atom is -0.320 e. The Labute approximate surface area is 107 Å². The predicted octanol–water partition coefficient (Wildman–Crippen LogP) is 4.24. The lowest BCUT2D eigenvalue weighted by Crippen LogP contribution is -2.13. The SMILES string of the molecule is N[C@H](c1ccsc1)c1c(F)ccc(Cl)c1Cl. The Bertz CT molecular complexity index is 499. The third kappa shape index (κ3) is 2.09. The van der Waals surface area contributed by atoms with Gasteiger partial charge in [-0.2, -0.15) is 11.3 Å². The molecule has 0 bridgehead atoms. The first-order chi connectivity index (χ1) is 7.61. The summed E-state index contributed by atoms with van der Waals surface area (Å²) in [5.74, 6) is -0.437. The fraction of sp³-hybridized carbons (Fsp3) is 0.0909. The average molecular weight is 276 g/mol. The van der Waals surface area contributed by atoms with Crippen LogP contribution in [0.5, 0.6) is 0 Å². The number of thiophene rings is 1. The van der Waals surface area contributed by atoms with E-state index in [1.54, 1.807) is 0 Å². The van der Waals surface area contributed by atoms with E-state index in [9.17, 15) is 4.39 Å². The Balaban J connectivity index is 2.52. The standard InChI is InChI=1S/C11H8Cl2FNS/c12-7-1-2-8(14)9(10(7)13)11(15)6-3-4-16-5-6/h1-5,11H,15H2/t11-/m1/s1. The molecule has 1 atom stereocenters. The summed E-state index contributed by atoms with van der Waals surface area (Å²) in [6, 6.07) is 3.95. The molecule has 0 radical (unpaired) electrons. The number of hydrogen-bond donors (Lipinski definition) is 1. The van der Waals surface area contributed by atoms with E-state index < -0.39 is 11.9 Å². The van der Waals surface area contributed by atoms with E-state index in [0.29, 0.717) is 5.02 Å². The van der Waals surface area contributed by atoms with Crippen molar-refractivity contribution >= 4 is 34.5 Å². The highest BCUT2D eigenvalue weighted by Crippen LogP contribution is 2.34. The molecule has 2 aromatic rings. The highest BCUT2D eigenvalue weighted by Gasteiger charge is 2.19. The van der Waals surface area contributed by atoms with Gasteiger partial charge in [-0.1, -0.05) is 23.2 Å². The van der Waals surface area contributed by atoms with Crippen LogP contribution in [0.3, 0.4) is 0 Å². The Morgan fingerprint density at radius 2 is 2.00 bits per heavy atom. The van der Waals surface area contributed by atoms with E-state index >= 15 is 0 Å². The molecule has 16 heavy (non-hydrogen) atoms. The molecule has 0 saturated heterocycles. The van der Waals surface area contributed by atoms with Gasteiger partial charge in [0.1, 0.15) is 5.82 Å². The maximum atomic E-state index is 13.7. The predicted molar refractivity (Wildman–Crippen MR) is 66.8 cm³/mol. The number of halogens is 3. The smallest absolute Gasteiger partial charge is 0.129 e. The highest BCUT2D eigenvalue weighted by molar-refractivity contribution is 7.08. The average Bonchev–Trinajstić information content (AvgIpc) is 2.77. The van der Waals surface area contributed by atoms with Gasteiger partial charge in [0.2, 0.25) is 0 Å². The normalized spacial score (nSPS) is 12.8. The molecule has 0 saturated carbocycles. The van der Waals surface area contributed by atoms with Crippen LogP contribution in [0, 0.1) is 5.82 Å². The Hall–Kier alpha value is -0.610. The van der Waals surface area contributed by atoms with Crippen LogP contribution < -0.4 is 5.73 Å². The number of nitrogens with two attached hydrogens (primary N) is 1. The van der Waals surface area contributed by atoms with Gasteiger partial charge in [0, 0.05) is 5.56 Å². The van der Waals surface area contributed by atoms with Crippen molar-refractivity contribution in [3.8, 4) is 0 Å². The van der Waals surface area contributed by atoms with Gasteiger partial charge >= 0.3 is 0 Å². The fourth-order valence-corrected chi connectivity index (χ4v) is 2.58. The number of benzene rings is 1. The fourth-order valence-electron chi connectivity index (χ4n) is 1.45. The number of hydrogen-bond acceptors (Lipinski definition) is 2. The summed E-state index contributed by atoms with van der Waals surface area (Å²) in [6.07, 6.45) is 0. The zero-order valence-electron chi connectivity index (χ0n) is 8.08. The molecular weight excluding hydrogens is 268 g/mol. The largest absolute Gasteiger partial charge is 0.320 e. The second kappa shape index (κ2) is 4.72. The van der Waals surface area contributed by atoms with Crippen LogP contribution in [-0.2, 0) is 0 Å². The molecule has 1 aromatic carbocycles. The van der Waals surface area contributed by atoms with E-state index in [0.717, 1.165) is 5.56 Å². The lowest BCUT2D eigenvalue weighted by Gasteiger charge is -2.14. The van der Waals surface area contributed by atoms with Crippen molar-refractivity contribution in [2.45, 2.75) is 6.04 Å². The van der Waals surface area contributed by atoms with Crippen LogP contribution in [0.15, 0.2) is 29.0 Å². The summed E-state index contributed by atoms with van der Waals surface area (Å²) in [4.78, 5) is 0. The molecule has 84 valence electrons. The van der Waals surface area contributed by atoms with E-state index in [1.807, 2.05) is 16.8 Å². The summed E-state index contributed by atoms with van der Waals surface area (Å²) in [6.45, 7) is 0. The first-order valence-electron chi connectivity index (χ1n) is 4.52. The minimum atomic E-state index is -0.586. The molecule has 0 spiro atoms. The van der Waals surface area contributed by atoms with Gasteiger partial charge in [-0.3, -0.25) is 0 Å². The zero-order chi connectivity index (χ0) is 11.7. The topological polar surface area (TPSA) is 26.0 Å². The third-order valence-electron chi connectivity index (χ3n) is 2.29. The van der Waals surface area contributed by atoms with Crippen LogP contribution in [0.2, 0.25) is 10.0 Å².